The monoisotopic (exact) mass is 408 g/mol. The first-order valence-electron chi connectivity index (χ1n) is 8.93. The highest BCUT2D eigenvalue weighted by Gasteiger charge is 2.18. The summed E-state index contributed by atoms with van der Waals surface area (Å²) in [5.41, 5.74) is 5.83. The molecular weight excluding hydrogens is 388 g/mol. The summed E-state index contributed by atoms with van der Waals surface area (Å²) in [7, 11) is 0. The van der Waals surface area contributed by atoms with Crippen LogP contribution in [-0.2, 0) is 6.54 Å². The number of thiazole rings is 1. The van der Waals surface area contributed by atoms with Crippen LogP contribution in [-0.4, -0.2) is 20.7 Å². The third-order valence-corrected chi connectivity index (χ3v) is 6.53. The molecule has 0 aliphatic rings. The zero-order chi connectivity index (χ0) is 19.7. The highest BCUT2D eigenvalue weighted by Crippen LogP contribution is 2.29. The van der Waals surface area contributed by atoms with E-state index in [9.17, 15) is 4.79 Å². The molecule has 1 aromatic carbocycles. The van der Waals surface area contributed by atoms with Crippen molar-refractivity contribution in [1.82, 2.24) is 20.1 Å². The van der Waals surface area contributed by atoms with E-state index in [-0.39, 0.29) is 5.91 Å². The summed E-state index contributed by atoms with van der Waals surface area (Å²) in [4.78, 5) is 18.0. The minimum Gasteiger partial charge on any atom is -0.347 e. The molecule has 1 amide bonds. The molecule has 4 aromatic rings. The lowest BCUT2D eigenvalue weighted by Crippen LogP contribution is -2.23. The second-order valence-corrected chi connectivity index (χ2v) is 8.30. The molecule has 0 saturated carbocycles. The Morgan fingerprint density at radius 2 is 1.89 bits per heavy atom. The van der Waals surface area contributed by atoms with Crippen LogP contribution in [0.3, 0.4) is 0 Å². The lowest BCUT2D eigenvalue weighted by molar-refractivity contribution is 0.0954. The average molecular weight is 409 g/mol. The minimum absolute atomic E-state index is 0.0947. The molecule has 142 valence electrons. The molecule has 28 heavy (non-hydrogen) atoms. The molecular formula is C21H20N4OS2. The largest absolute Gasteiger partial charge is 0.347 e. The number of rotatable bonds is 5. The Hall–Kier alpha value is -2.77. The van der Waals surface area contributed by atoms with Crippen molar-refractivity contribution in [1.29, 1.82) is 0 Å². The van der Waals surface area contributed by atoms with E-state index in [1.165, 1.54) is 11.3 Å². The first kappa shape index (κ1) is 18.6. The van der Waals surface area contributed by atoms with E-state index in [0.717, 1.165) is 38.9 Å². The van der Waals surface area contributed by atoms with Crippen LogP contribution in [0.5, 0.6) is 0 Å². The van der Waals surface area contributed by atoms with Crippen LogP contribution in [0.15, 0.2) is 47.2 Å². The second-order valence-electron chi connectivity index (χ2n) is 6.52. The van der Waals surface area contributed by atoms with Gasteiger partial charge in [-0.1, -0.05) is 18.2 Å². The minimum atomic E-state index is -0.0947. The number of carbonyl (C=O) groups excluding carboxylic acids is 1. The zero-order valence-electron chi connectivity index (χ0n) is 15.9. The van der Waals surface area contributed by atoms with Crippen molar-refractivity contribution in [3.63, 3.8) is 0 Å². The van der Waals surface area contributed by atoms with Gasteiger partial charge in [-0.05, 0) is 44.4 Å². The van der Waals surface area contributed by atoms with Crippen LogP contribution < -0.4 is 5.32 Å². The number of nitrogens with one attached hydrogen (secondary N) is 1. The van der Waals surface area contributed by atoms with E-state index in [4.69, 9.17) is 0 Å². The number of hydrogen-bond acceptors (Lipinski definition) is 5. The molecule has 0 aliphatic heterocycles. The van der Waals surface area contributed by atoms with E-state index in [0.29, 0.717) is 11.4 Å². The van der Waals surface area contributed by atoms with Crippen molar-refractivity contribution in [3.05, 3.63) is 74.7 Å². The zero-order valence-corrected chi connectivity index (χ0v) is 17.5. The number of aryl methyl sites for hydroxylation is 2. The standard InChI is InChI=1S/C21H20N4OS2/c1-13-18(15(3)25(24-13)17-7-5-4-6-8-17)11-22-20(26)19-14(2)23-21(28-19)16-9-10-27-12-16/h4-10,12H,11H2,1-3H3,(H,22,26). The Kier molecular flexibility index (Phi) is 5.11. The first-order valence-corrected chi connectivity index (χ1v) is 10.7. The lowest BCUT2D eigenvalue weighted by Gasteiger charge is -2.06. The van der Waals surface area contributed by atoms with Gasteiger partial charge in [-0.15, -0.1) is 11.3 Å². The van der Waals surface area contributed by atoms with Gasteiger partial charge in [-0.2, -0.15) is 16.4 Å². The van der Waals surface area contributed by atoms with Gasteiger partial charge in [0.05, 0.1) is 17.1 Å². The van der Waals surface area contributed by atoms with Crippen molar-refractivity contribution in [2.24, 2.45) is 0 Å². The van der Waals surface area contributed by atoms with Crippen molar-refractivity contribution in [2.45, 2.75) is 27.3 Å². The van der Waals surface area contributed by atoms with Crippen LogP contribution in [0, 0.1) is 20.8 Å². The summed E-state index contributed by atoms with van der Waals surface area (Å²) in [6.07, 6.45) is 0. The van der Waals surface area contributed by atoms with Gasteiger partial charge in [0.1, 0.15) is 9.88 Å². The van der Waals surface area contributed by atoms with Gasteiger partial charge >= 0.3 is 0 Å². The number of hydrogen-bond donors (Lipinski definition) is 1. The summed E-state index contributed by atoms with van der Waals surface area (Å²) < 4.78 is 1.92. The maximum atomic E-state index is 12.8. The van der Waals surface area contributed by atoms with Crippen molar-refractivity contribution >= 4 is 28.6 Å². The first-order chi connectivity index (χ1) is 13.5. The SMILES string of the molecule is Cc1nc(-c2ccsc2)sc1C(=O)NCc1c(C)nn(-c2ccccc2)c1C. The Morgan fingerprint density at radius 3 is 2.61 bits per heavy atom. The maximum absolute atomic E-state index is 12.8. The summed E-state index contributed by atoms with van der Waals surface area (Å²) in [5, 5.41) is 12.6. The van der Waals surface area contributed by atoms with E-state index in [1.807, 2.05) is 72.6 Å². The molecule has 3 heterocycles. The van der Waals surface area contributed by atoms with E-state index < -0.39 is 0 Å². The number of thiophene rings is 1. The molecule has 0 aliphatic carbocycles. The van der Waals surface area contributed by atoms with Crippen molar-refractivity contribution in [2.75, 3.05) is 0 Å². The maximum Gasteiger partial charge on any atom is 0.263 e. The summed E-state index contributed by atoms with van der Waals surface area (Å²) in [6, 6.07) is 12.0. The Bertz CT molecular complexity index is 1110. The lowest BCUT2D eigenvalue weighted by atomic mass is 10.2. The molecule has 0 bridgehead atoms. The summed E-state index contributed by atoms with van der Waals surface area (Å²) in [5.74, 6) is -0.0947. The predicted molar refractivity (Wildman–Crippen MR) is 114 cm³/mol. The van der Waals surface area contributed by atoms with Gasteiger partial charge < -0.3 is 5.32 Å². The normalized spacial score (nSPS) is 11.0. The molecule has 0 radical (unpaired) electrons. The number of aromatic nitrogens is 3. The van der Waals surface area contributed by atoms with E-state index in [1.54, 1.807) is 11.3 Å². The van der Waals surface area contributed by atoms with Gasteiger partial charge in [-0.3, -0.25) is 4.79 Å². The smallest absolute Gasteiger partial charge is 0.263 e. The molecule has 0 spiro atoms. The number of benzene rings is 1. The molecule has 0 atom stereocenters. The Morgan fingerprint density at radius 1 is 1.11 bits per heavy atom. The van der Waals surface area contributed by atoms with Gasteiger partial charge in [0, 0.05) is 28.7 Å². The number of amides is 1. The quantitative estimate of drug-likeness (QED) is 0.510. The highest BCUT2D eigenvalue weighted by molar-refractivity contribution is 7.17. The number of nitrogens with zero attached hydrogens (tertiary/aromatic N) is 3. The second kappa shape index (κ2) is 7.69. The topological polar surface area (TPSA) is 59.8 Å². The van der Waals surface area contributed by atoms with E-state index in [2.05, 4.69) is 15.4 Å². The molecule has 0 saturated heterocycles. The third kappa shape index (κ3) is 3.50. The molecule has 7 heteroatoms. The average Bonchev–Trinajstić information content (AvgIpc) is 3.41. The highest BCUT2D eigenvalue weighted by atomic mass is 32.1. The van der Waals surface area contributed by atoms with Crippen molar-refractivity contribution < 1.29 is 4.79 Å². The Balaban J connectivity index is 1.52. The fraction of sp³-hybridized carbons (Fsp3) is 0.190. The fourth-order valence-corrected chi connectivity index (χ4v) is 4.81. The van der Waals surface area contributed by atoms with Crippen molar-refractivity contribution in [3.8, 4) is 16.3 Å². The van der Waals surface area contributed by atoms with Gasteiger partial charge in [0.2, 0.25) is 0 Å². The predicted octanol–water partition coefficient (Wildman–Crippen LogP) is 4.91. The molecule has 5 nitrogen and oxygen atoms in total. The van der Waals surface area contributed by atoms with Crippen LogP contribution in [0.2, 0.25) is 0 Å². The van der Waals surface area contributed by atoms with Crippen LogP contribution in [0.4, 0.5) is 0 Å². The third-order valence-electron chi connectivity index (χ3n) is 4.64. The number of para-hydroxylation sites is 1. The molecule has 0 unspecified atom stereocenters. The van der Waals surface area contributed by atoms with Gasteiger partial charge in [-0.25, -0.2) is 9.67 Å². The summed E-state index contributed by atoms with van der Waals surface area (Å²) >= 11 is 3.06. The van der Waals surface area contributed by atoms with Gasteiger partial charge in [0.25, 0.3) is 5.91 Å². The molecule has 0 fully saturated rings. The molecule has 4 rings (SSSR count). The van der Waals surface area contributed by atoms with Crippen LogP contribution in [0.1, 0.15) is 32.3 Å². The molecule has 3 aromatic heterocycles. The summed E-state index contributed by atoms with van der Waals surface area (Å²) in [6.45, 7) is 6.32. The van der Waals surface area contributed by atoms with Crippen LogP contribution >= 0.6 is 22.7 Å². The molecule has 1 N–H and O–H groups in total. The fourth-order valence-electron chi connectivity index (χ4n) is 3.12. The number of carbonyl (C=O) groups is 1. The van der Waals surface area contributed by atoms with E-state index >= 15 is 0 Å². The van der Waals surface area contributed by atoms with Gasteiger partial charge in [0.15, 0.2) is 0 Å². The van der Waals surface area contributed by atoms with Crippen LogP contribution in [0.25, 0.3) is 16.3 Å². The Labute approximate surface area is 171 Å².